The molecule has 1 aromatic heterocycles. The molecular weight excluding hydrogens is 549 g/mol. The summed E-state index contributed by atoms with van der Waals surface area (Å²) in [6.45, 7) is 3.89. The number of aliphatic hydroxyl groups excluding tert-OH is 1. The van der Waals surface area contributed by atoms with Crippen molar-refractivity contribution in [3.8, 4) is 6.01 Å². The van der Waals surface area contributed by atoms with Gasteiger partial charge in [0.15, 0.2) is 5.82 Å². The van der Waals surface area contributed by atoms with E-state index in [0.29, 0.717) is 56.6 Å². The van der Waals surface area contributed by atoms with Gasteiger partial charge < -0.3 is 24.5 Å². The first kappa shape index (κ1) is 29.0. The van der Waals surface area contributed by atoms with E-state index in [0.717, 1.165) is 11.1 Å². The fraction of sp³-hybridized carbons (Fsp3) is 0.467. The highest BCUT2D eigenvalue weighted by Crippen LogP contribution is 2.44. The Morgan fingerprint density at radius 3 is 2.61 bits per heavy atom. The highest BCUT2D eigenvalue weighted by Gasteiger charge is 2.33. The SMILES string of the molecule is CCC(=O)N1CCN(c2nc(OCCC(=O)N(C)C)nc3c(F)c([C@H]4CC(O)Cc5ccccc54)c(Cl)cc23)CC1. The number of nitrogens with zero attached hydrogens (tertiary/aromatic N) is 5. The summed E-state index contributed by atoms with van der Waals surface area (Å²) in [6.07, 6.45) is 0.759. The van der Waals surface area contributed by atoms with Crippen molar-refractivity contribution in [2.45, 2.75) is 44.6 Å². The number of fused-ring (bicyclic) bond motifs is 2. The van der Waals surface area contributed by atoms with E-state index < -0.39 is 17.8 Å². The number of carbonyl (C=O) groups excluding carboxylic acids is 2. The van der Waals surface area contributed by atoms with Crippen LogP contribution in [0.3, 0.4) is 0 Å². The molecule has 1 fully saturated rings. The Morgan fingerprint density at radius 2 is 1.90 bits per heavy atom. The molecule has 1 aliphatic heterocycles. The van der Waals surface area contributed by atoms with Gasteiger partial charge in [-0.15, -0.1) is 0 Å². The number of piperazine rings is 1. The molecule has 11 heteroatoms. The van der Waals surface area contributed by atoms with Crippen LogP contribution in [0.4, 0.5) is 10.2 Å². The van der Waals surface area contributed by atoms with Crippen molar-refractivity contribution < 1.29 is 23.8 Å². The van der Waals surface area contributed by atoms with Crippen molar-refractivity contribution in [2.75, 3.05) is 51.8 Å². The molecule has 218 valence electrons. The second kappa shape index (κ2) is 12.2. The maximum atomic E-state index is 16.6. The summed E-state index contributed by atoms with van der Waals surface area (Å²) in [5, 5.41) is 11.3. The molecule has 1 unspecified atom stereocenters. The van der Waals surface area contributed by atoms with Crippen molar-refractivity contribution >= 4 is 40.1 Å². The molecule has 3 aromatic rings. The maximum absolute atomic E-state index is 16.6. The molecule has 2 amide bonds. The molecule has 9 nitrogen and oxygen atoms in total. The van der Waals surface area contributed by atoms with E-state index in [2.05, 4.69) is 9.97 Å². The molecule has 5 rings (SSSR count). The predicted molar refractivity (Wildman–Crippen MR) is 155 cm³/mol. The van der Waals surface area contributed by atoms with Gasteiger partial charge in [0.2, 0.25) is 11.8 Å². The van der Waals surface area contributed by atoms with Gasteiger partial charge in [-0.2, -0.15) is 9.97 Å². The number of hydrogen-bond acceptors (Lipinski definition) is 7. The van der Waals surface area contributed by atoms with Crippen LogP contribution in [-0.4, -0.2) is 89.7 Å². The van der Waals surface area contributed by atoms with Crippen LogP contribution < -0.4 is 9.64 Å². The van der Waals surface area contributed by atoms with E-state index in [1.54, 1.807) is 20.2 Å². The van der Waals surface area contributed by atoms with E-state index in [-0.39, 0.29) is 47.0 Å². The molecule has 0 saturated carbocycles. The van der Waals surface area contributed by atoms with E-state index in [4.69, 9.17) is 16.3 Å². The Hall–Kier alpha value is -3.50. The summed E-state index contributed by atoms with van der Waals surface area (Å²) >= 11 is 6.82. The Bertz CT molecular complexity index is 1460. The number of aliphatic hydroxyl groups is 1. The molecule has 0 spiro atoms. The molecular formula is C30H35ClFN5O4. The standard InChI is InChI=1S/C30H35ClFN5O4/c1-4-24(39)36-10-12-37(13-11-36)29-22-17-23(31)26(21-16-19(38)15-18-7-5-6-8-20(18)21)27(32)28(22)33-30(34-29)41-14-9-25(40)35(2)3/h5-8,17,19,21,38H,4,9-16H2,1-3H3/t19?,21-/m0/s1. The van der Waals surface area contributed by atoms with E-state index >= 15 is 4.39 Å². The number of carbonyl (C=O) groups is 2. The third-order valence-corrected chi connectivity index (χ3v) is 8.21. The van der Waals surface area contributed by atoms with Crippen LogP contribution in [0.15, 0.2) is 30.3 Å². The number of anilines is 1. The van der Waals surface area contributed by atoms with Crippen molar-refractivity contribution in [3.05, 3.63) is 57.9 Å². The largest absolute Gasteiger partial charge is 0.463 e. The van der Waals surface area contributed by atoms with Gasteiger partial charge in [-0.05, 0) is 30.0 Å². The Labute approximate surface area is 243 Å². The molecule has 2 atom stereocenters. The van der Waals surface area contributed by atoms with Crippen LogP contribution in [0.2, 0.25) is 5.02 Å². The molecule has 2 aliphatic rings. The Morgan fingerprint density at radius 1 is 1.17 bits per heavy atom. The normalized spacial score (nSPS) is 18.8. The number of rotatable bonds is 7. The Balaban J connectivity index is 1.57. The van der Waals surface area contributed by atoms with Crippen molar-refractivity contribution in [2.24, 2.45) is 0 Å². The summed E-state index contributed by atoms with van der Waals surface area (Å²) in [6, 6.07) is 9.36. The second-order valence-electron chi connectivity index (χ2n) is 10.8. The van der Waals surface area contributed by atoms with Gasteiger partial charge in [-0.1, -0.05) is 42.8 Å². The van der Waals surface area contributed by atoms with Gasteiger partial charge in [-0.25, -0.2) is 4.39 Å². The summed E-state index contributed by atoms with van der Waals surface area (Å²) in [5.74, 6) is -0.600. The quantitative estimate of drug-likeness (QED) is 0.452. The van der Waals surface area contributed by atoms with Gasteiger partial charge in [0.05, 0.1) is 12.5 Å². The third-order valence-electron chi connectivity index (χ3n) is 7.90. The summed E-state index contributed by atoms with van der Waals surface area (Å²) in [4.78, 5) is 38.7. The molecule has 2 aromatic carbocycles. The molecule has 1 saturated heterocycles. The molecule has 2 heterocycles. The van der Waals surface area contributed by atoms with Crippen LogP contribution in [0.1, 0.15) is 48.8 Å². The number of hydrogen-bond donors (Lipinski definition) is 1. The van der Waals surface area contributed by atoms with Crippen LogP contribution in [0, 0.1) is 5.82 Å². The van der Waals surface area contributed by atoms with E-state index in [9.17, 15) is 14.7 Å². The zero-order valence-corrected chi connectivity index (χ0v) is 24.3. The van der Waals surface area contributed by atoms with Crippen LogP contribution in [0.5, 0.6) is 6.01 Å². The molecule has 0 bridgehead atoms. The zero-order chi connectivity index (χ0) is 29.3. The number of amides is 2. The number of aromatic nitrogens is 2. The predicted octanol–water partition coefficient (Wildman–Crippen LogP) is 3.78. The molecule has 0 radical (unpaired) electrons. The summed E-state index contributed by atoms with van der Waals surface area (Å²) in [7, 11) is 3.33. The summed E-state index contributed by atoms with van der Waals surface area (Å²) < 4.78 is 22.4. The monoisotopic (exact) mass is 583 g/mol. The average molecular weight is 584 g/mol. The average Bonchev–Trinajstić information content (AvgIpc) is 2.96. The lowest BCUT2D eigenvalue weighted by atomic mass is 9.77. The maximum Gasteiger partial charge on any atom is 0.319 e. The lowest BCUT2D eigenvalue weighted by Crippen LogP contribution is -2.49. The minimum Gasteiger partial charge on any atom is -0.463 e. The van der Waals surface area contributed by atoms with Crippen LogP contribution in [0.25, 0.3) is 10.9 Å². The molecule has 41 heavy (non-hydrogen) atoms. The van der Waals surface area contributed by atoms with Gasteiger partial charge in [0.1, 0.15) is 17.9 Å². The van der Waals surface area contributed by atoms with Crippen molar-refractivity contribution in [1.82, 2.24) is 19.8 Å². The molecule has 1 N–H and O–H groups in total. The first-order chi connectivity index (χ1) is 19.7. The topological polar surface area (TPSA) is 99.1 Å². The van der Waals surface area contributed by atoms with E-state index in [1.165, 1.54) is 4.90 Å². The van der Waals surface area contributed by atoms with Gasteiger partial charge in [0, 0.05) is 68.6 Å². The molecule has 1 aliphatic carbocycles. The fourth-order valence-corrected chi connectivity index (χ4v) is 6.04. The lowest BCUT2D eigenvalue weighted by molar-refractivity contribution is -0.131. The lowest BCUT2D eigenvalue weighted by Gasteiger charge is -2.36. The Kier molecular flexibility index (Phi) is 8.60. The zero-order valence-electron chi connectivity index (χ0n) is 23.6. The minimum atomic E-state index is -0.628. The minimum absolute atomic E-state index is 0.0327. The highest BCUT2D eigenvalue weighted by molar-refractivity contribution is 6.32. The summed E-state index contributed by atoms with van der Waals surface area (Å²) in [5.41, 5.74) is 2.24. The first-order valence-electron chi connectivity index (χ1n) is 14.0. The second-order valence-corrected chi connectivity index (χ2v) is 11.2. The number of benzene rings is 2. The fourth-order valence-electron chi connectivity index (χ4n) is 5.71. The van der Waals surface area contributed by atoms with Gasteiger partial charge in [0.25, 0.3) is 0 Å². The third kappa shape index (κ3) is 5.94. The highest BCUT2D eigenvalue weighted by atomic mass is 35.5. The van der Waals surface area contributed by atoms with Gasteiger partial charge in [-0.3, -0.25) is 9.59 Å². The van der Waals surface area contributed by atoms with Crippen molar-refractivity contribution in [1.29, 1.82) is 0 Å². The van der Waals surface area contributed by atoms with E-state index in [1.807, 2.05) is 41.0 Å². The van der Waals surface area contributed by atoms with Crippen molar-refractivity contribution in [3.63, 3.8) is 0 Å². The van der Waals surface area contributed by atoms with Gasteiger partial charge >= 0.3 is 6.01 Å². The number of ether oxygens (including phenoxy) is 1. The number of halogens is 2. The van der Waals surface area contributed by atoms with Crippen LogP contribution >= 0.6 is 11.6 Å². The van der Waals surface area contributed by atoms with Crippen LogP contribution in [-0.2, 0) is 16.0 Å². The first-order valence-corrected chi connectivity index (χ1v) is 14.4. The smallest absolute Gasteiger partial charge is 0.319 e.